The largest absolute Gasteiger partial charge is 0.355 e. The highest BCUT2D eigenvalue weighted by atomic mass is 16.1. The van der Waals surface area contributed by atoms with Crippen LogP contribution in [-0.2, 0) is 6.42 Å². The Morgan fingerprint density at radius 3 is 2.44 bits per heavy atom. The molecule has 1 amide bonds. The summed E-state index contributed by atoms with van der Waals surface area (Å²) in [5, 5.41) is 2.70. The zero-order valence-electron chi connectivity index (χ0n) is 10.7. The number of amides is 1. The normalized spacial score (nSPS) is 10.1. The van der Waals surface area contributed by atoms with Gasteiger partial charge in [-0.2, -0.15) is 0 Å². The molecular formula is C16H17NO. The van der Waals surface area contributed by atoms with Crippen LogP contribution in [0.1, 0.15) is 27.0 Å². The fourth-order valence-electron chi connectivity index (χ4n) is 2.08. The van der Waals surface area contributed by atoms with Crippen LogP contribution in [0.2, 0.25) is 0 Å². The van der Waals surface area contributed by atoms with E-state index in [0.29, 0.717) is 0 Å². The zero-order valence-corrected chi connectivity index (χ0v) is 10.7. The lowest BCUT2D eigenvalue weighted by Crippen LogP contribution is -2.20. The maximum absolute atomic E-state index is 11.9. The minimum absolute atomic E-state index is 0.0235. The molecular weight excluding hydrogens is 222 g/mol. The Kier molecular flexibility index (Phi) is 3.78. The maximum Gasteiger partial charge on any atom is 0.251 e. The van der Waals surface area contributed by atoms with Crippen molar-refractivity contribution in [1.29, 1.82) is 0 Å². The highest BCUT2D eigenvalue weighted by Gasteiger charge is 2.11. The molecule has 0 atom stereocenters. The molecule has 0 aliphatic heterocycles. The summed E-state index contributed by atoms with van der Waals surface area (Å²) in [6.45, 7) is 2.05. The number of carbonyl (C=O) groups excluding carboxylic acids is 1. The number of hydrogen-bond donors (Lipinski definition) is 1. The highest BCUT2D eigenvalue weighted by Crippen LogP contribution is 2.18. The van der Waals surface area contributed by atoms with Crippen LogP contribution < -0.4 is 5.32 Å². The molecule has 0 saturated carbocycles. The van der Waals surface area contributed by atoms with E-state index in [1.807, 2.05) is 43.3 Å². The summed E-state index contributed by atoms with van der Waals surface area (Å²) in [5.41, 5.74) is 4.24. The lowest BCUT2D eigenvalue weighted by Gasteiger charge is -2.11. The molecule has 0 unspecified atom stereocenters. The van der Waals surface area contributed by atoms with Crippen LogP contribution in [0.25, 0.3) is 0 Å². The Morgan fingerprint density at radius 1 is 1.06 bits per heavy atom. The molecule has 0 heterocycles. The first kappa shape index (κ1) is 12.4. The summed E-state index contributed by atoms with van der Waals surface area (Å²) < 4.78 is 0. The fourth-order valence-corrected chi connectivity index (χ4v) is 2.08. The van der Waals surface area contributed by atoms with Gasteiger partial charge >= 0.3 is 0 Å². The lowest BCUT2D eigenvalue weighted by molar-refractivity contribution is 0.0962. The van der Waals surface area contributed by atoms with Crippen molar-refractivity contribution in [2.24, 2.45) is 0 Å². The summed E-state index contributed by atoms with van der Waals surface area (Å²) in [6.07, 6.45) is 0.788. The van der Waals surface area contributed by atoms with Crippen LogP contribution in [0.4, 0.5) is 0 Å². The van der Waals surface area contributed by atoms with Crippen molar-refractivity contribution < 1.29 is 4.79 Å². The minimum Gasteiger partial charge on any atom is -0.355 e. The van der Waals surface area contributed by atoms with E-state index in [2.05, 4.69) is 17.4 Å². The topological polar surface area (TPSA) is 29.1 Å². The van der Waals surface area contributed by atoms with Crippen molar-refractivity contribution >= 4 is 5.91 Å². The quantitative estimate of drug-likeness (QED) is 0.876. The van der Waals surface area contributed by atoms with Gasteiger partial charge in [0.25, 0.3) is 5.91 Å². The average Bonchev–Trinajstić information content (AvgIpc) is 2.41. The Labute approximate surface area is 108 Å². The van der Waals surface area contributed by atoms with E-state index in [1.165, 1.54) is 5.56 Å². The molecule has 2 heteroatoms. The number of carbonyl (C=O) groups is 1. The second kappa shape index (κ2) is 5.50. The summed E-state index contributed by atoms with van der Waals surface area (Å²) in [5.74, 6) is -0.0235. The van der Waals surface area contributed by atoms with E-state index >= 15 is 0 Å². The molecule has 2 aromatic rings. The standard InChI is InChI=1S/C16H17NO/c1-12-7-6-10-14(16(18)17-2)15(12)11-13-8-4-3-5-9-13/h3-10H,11H2,1-2H3,(H,17,18). The van der Waals surface area contributed by atoms with Crippen molar-refractivity contribution in [3.8, 4) is 0 Å². The molecule has 0 spiro atoms. The lowest BCUT2D eigenvalue weighted by atomic mass is 9.95. The first-order valence-electron chi connectivity index (χ1n) is 6.07. The third-order valence-corrected chi connectivity index (χ3v) is 3.11. The smallest absolute Gasteiger partial charge is 0.251 e. The molecule has 0 radical (unpaired) electrons. The van der Waals surface area contributed by atoms with Gasteiger partial charge in [0.05, 0.1) is 0 Å². The van der Waals surface area contributed by atoms with Gasteiger partial charge in [-0.15, -0.1) is 0 Å². The van der Waals surface area contributed by atoms with E-state index in [-0.39, 0.29) is 5.91 Å². The van der Waals surface area contributed by atoms with Crippen LogP contribution in [0.15, 0.2) is 48.5 Å². The number of nitrogens with one attached hydrogen (secondary N) is 1. The number of benzene rings is 2. The third kappa shape index (κ3) is 2.59. The minimum atomic E-state index is -0.0235. The van der Waals surface area contributed by atoms with Crippen molar-refractivity contribution in [1.82, 2.24) is 5.32 Å². The van der Waals surface area contributed by atoms with Crippen molar-refractivity contribution in [2.75, 3.05) is 7.05 Å². The number of rotatable bonds is 3. The van der Waals surface area contributed by atoms with Gasteiger partial charge in [0.15, 0.2) is 0 Å². The van der Waals surface area contributed by atoms with Crippen LogP contribution in [0.5, 0.6) is 0 Å². The monoisotopic (exact) mass is 239 g/mol. The third-order valence-electron chi connectivity index (χ3n) is 3.11. The Balaban J connectivity index is 2.40. The molecule has 0 aliphatic carbocycles. The molecule has 0 fully saturated rings. The van der Waals surface area contributed by atoms with Gasteiger partial charge < -0.3 is 5.32 Å². The molecule has 2 nitrogen and oxygen atoms in total. The van der Waals surface area contributed by atoms with Gasteiger partial charge in [-0.3, -0.25) is 4.79 Å². The Bertz CT molecular complexity index is 546. The number of aryl methyl sites for hydroxylation is 1. The highest BCUT2D eigenvalue weighted by molar-refractivity contribution is 5.95. The van der Waals surface area contributed by atoms with Gasteiger partial charge in [-0.05, 0) is 36.1 Å². The molecule has 1 N–H and O–H groups in total. The molecule has 2 aromatic carbocycles. The fraction of sp³-hybridized carbons (Fsp3) is 0.188. The second-order valence-electron chi connectivity index (χ2n) is 4.34. The summed E-state index contributed by atoms with van der Waals surface area (Å²) >= 11 is 0. The van der Waals surface area contributed by atoms with E-state index in [9.17, 15) is 4.79 Å². The van der Waals surface area contributed by atoms with Crippen molar-refractivity contribution in [3.63, 3.8) is 0 Å². The predicted octanol–water partition coefficient (Wildman–Crippen LogP) is 2.95. The predicted molar refractivity (Wildman–Crippen MR) is 73.8 cm³/mol. The summed E-state index contributed by atoms with van der Waals surface area (Å²) in [6, 6.07) is 16.1. The average molecular weight is 239 g/mol. The zero-order chi connectivity index (χ0) is 13.0. The summed E-state index contributed by atoms with van der Waals surface area (Å²) in [7, 11) is 1.66. The maximum atomic E-state index is 11.9. The van der Waals surface area contributed by atoms with Crippen molar-refractivity contribution in [2.45, 2.75) is 13.3 Å². The molecule has 2 rings (SSSR count). The Hall–Kier alpha value is -2.09. The molecule has 18 heavy (non-hydrogen) atoms. The SMILES string of the molecule is CNC(=O)c1cccc(C)c1Cc1ccccc1. The van der Waals surface area contributed by atoms with E-state index < -0.39 is 0 Å². The van der Waals surface area contributed by atoms with Crippen LogP contribution in [0, 0.1) is 6.92 Å². The van der Waals surface area contributed by atoms with Gasteiger partial charge in [0.2, 0.25) is 0 Å². The van der Waals surface area contributed by atoms with Crippen LogP contribution >= 0.6 is 0 Å². The van der Waals surface area contributed by atoms with E-state index in [0.717, 1.165) is 23.1 Å². The van der Waals surface area contributed by atoms with Gasteiger partial charge in [0, 0.05) is 12.6 Å². The molecule has 0 aromatic heterocycles. The first-order chi connectivity index (χ1) is 8.72. The first-order valence-corrected chi connectivity index (χ1v) is 6.07. The van der Waals surface area contributed by atoms with Gasteiger partial charge in [0.1, 0.15) is 0 Å². The summed E-state index contributed by atoms with van der Waals surface area (Å²) in [4.78, 5) is 11.9. The molecule has 92 valence electrons. The van der Waals surface area contributed by atoms with Crippen molar-refractivity contribution in [3.05, 3.63) is 70.8 Å². The molecule has 0 bridgehead atoms. The molecule has 0 saturated heterocycles. The second-order valence-corrected chi connectivity index (χ2v) is 4.34. The van der Waals surface area contributed by atoms with E-state index in [1.54, 1.807) is 7.05 Å². The Morgan fingerprint density at radius 2 is 1.78 bits per heavy atom. The number of hydrogen-bond acceptors (Lipinski definition) is 1. The van der Waals surface area contributed by atoms with E-state index in [4.69, 9.17) is 0 Å². The van der Waals surface area contributed by atoms with Gasteiger partial charge in [-0.25, -0.2) is 0 Å². The van der Waals surface area contributed by atoms with Gasteiger partial charge in [-0.1, -0.05) is 42.5 Å². The molecule has 0 aliphatic rings. The van der Waals surface area contributed by atoms with Crippen LogP contribution in [-0.4, -0.2) is 13.0 Å². The van der Waals surface area contributed by atoms with Crippen LogP contribution in [0.3, 0.4) is 0 Å².